The van der Waals surface area contributed by atoms with Crippen molar-refractivity contribution in [2.75, 3.05) is 0 Å². The average Bonchev–Trinajstić information content (AvgIpc) is 2.91. The van der Waals surface area contributed by atoms with Gasteiger partial charge in [-0.1, -0.05) is 85.7 Å². The van der Waals surface area contributed by atoms with E-state index in [1.54, 1.807) is 0 Å². The van der Waals surface area contributed by atoms with Crippen LogP contribution in [0, 0.1) is 0 Å². The highest BCUT2D eigenvalue weighted by Gasteiger charge is 2.24. The van der Waals surface area contributed by atoms with E-state index in [2.05, 4.69) is 80.6 Å². The zero-order valence-electron chi connectivity index (χ0n) is 13.8. The second-order valence-electron chi connectivity index (χ2n) is 6.56. The third-order valence-corrected chi connectivity index (χ3v) is 5.09. The van der Waals surface area contributed by atoms with Crippen LogP contribution in [0.3, 0.4) is 0 Å². The van der Waals surface area contributed by atoms with Crippen LogP contribution in [0.4, 0.5) is 0 Å². The highest BCUT2D eigenvalue weighted by molar-refractivity contribution is 5.99. The Morgan fingerprint density at radius 3 is 2.43 bits per heavy atom. The Hall–Kier alpha value is -2.34. The normalized spacial score (nSPS) is 16.4. The quantitative estimate of drug-likeness (QED) is 0.498. The Morgan fingerprint density at radius 1 is 0.826 bits per heavy atom. The van der Waals surface area contributed by atoms with Crippen molar-refractivity contribution in [3.63, 3.8) is 0 Å². The molecule has 4 rings (SSSR count). The van der Waals surface area contributed by atoms with Crippen LogP contribution in [-0.4, -0.2) is 0 Å². The molecule has 0 aliphatic heterocycles. The van der Waals surface area contributed by atoms with E-state index in [-0.39, 0.29) is 0 Å². The van der Waals surface area contributed by atoms with Crippen molar-refractivity contribution in [3.8, 4) is 11.1 Å². The number of fused-ring (bicyclic) bond motifs is 2. The lowest BCUT2D eigenvalue weighted by molar-refractivity contribution is 0.698. The number of benzene rings is 3. The summed E-state index contributed by atoms with van der Waals surface area (Å²) in [6, 6.07) is 22.1. The Kier molecular flexibility index (Phi) is 3.53. The molecule has 0 amide bonds. The fourth-order valence-electron chi connectivity index (χ4n) is 3.99. The second-order valence-corrected chi connectivity index (χ2v) is 6.56. The summed E-state index contributed by atoms with van der Waals surface area (Å²) in [5.74, 6) is 0.602. The van der Waals surface area contributed by atoms with E-state index in [9.17, 15) is 0 Å². The molecule has 0 heteroatoms. The minimum absolute atomic E-state index is 0.602. The van der Waals surface area contributed by atoms with Gasteiger partial charge in [-0.25, -0.2) is 0 Å². The molecule has 23 heavy (non-hydrogen) atoms. The van der Waals surface area contributed by atoms with Gasteiger partial charge in [0.1, 0.15) is 0 Å². The van der Waals surface area contributed by atoms with Crippen molar-refractivity contribution in [3.05, 3.63) is 77.4 Å². The van der Waals surface area contributed by atoms with Gasteiger partial charge in [0.15, 0.2) is 0 Å². The molecule has 0 saturated heterocycles. The van der Waals surface area contributed by atoms with Gasteiger partial charge in [-0.15, -0.1) is 0 Å². The van der Waals surface area contributed by atoms with Crippen molar-refractivity contribution < 1.29 is 0 Å². The molecule has 0 heterocycles. The molecule has 0 spiro atoms. The van der Waals surface area contributed by atoms with Gasteiger partial charge in [0.2, 0.25) is 0 Å². The Balaban J connectivity index is 1.95. The first-order valence-corrected chi connectivity index (χ1v) is 8.59. The molecule has 0 saturated carbocycles. The van der Waals surface area contributed by atoms with E-state index >= 15 is 0 Å². The Morgan fingerprint density at radius 2 is 1.57 bits per heavy atom. The van der Waals surface area contributed by atoms with Gasteiger partial charge < -0.3 is 0 Å². The third kappa shape index (κ3) is 2.30. The highest BCUT2D eigenvalue weighted by Crippen LogP contribution is 2.44. The monoisotopic (exact) mass is 298 g/mol. The van der Waals surface area contributed by atoms with Crippen LogP contribution < -0.4 is 0 Å². The van der Waals surface area contributed by atoms with E-state index in [0.717, 1.165) is 0 Å². The van der Waals surface area contributed by atoms with Gasteiger partial charge in [-0.05, 0) is 46.4 Å². The maximum Gasteiger partial charge on any atom is 0.00547 e. The fourth-order valence-corrected chi connectivity index (χ4v) is 3.99. The van der Waals surface area contributed by atoms with E-state index in [4.69, 9.17) is 0 Å². The van der Waals surface area contributed by atoms with Gasteiger partial charge >= 0.3 is 0 Å². The van der Waals surface area contributed by atoms with Gasteiger partial charge in [0, 0.05) is 5.92 Å². The van der Waals surface area contributed by atoms with Gasteiger partial charge in [0.25, 0.3) is 0 Å². The molecule has 3 aromatic rings. The summed E-state index contributed by atoms with van der Waals surface area (Å²) in [6.07, 6.45) is 4.88. The van der Waals surface area contributed by atoms with Crippen LogP contribution in [0.5, 0.6) is 0 Å². The first-order valence-electron chi connectivity index (χ1n) is 8.59. The number of rotatable bonds is 3. The van der Waals surface area contributed by atoms with Crippen molar-refractivity contribution in [2.24, 2.45) is 0 Å². The van der Waals surface area contributed by atoms with Crippen molar-refractivity contribution in [1.29, 1.82) is 0 Å². The summed E-state index contributed by atoms with van der Waals surface area (Å²) in [5, 5.41) is 2.65. The molecule has 0 N–H and O–H groups in total. The number of allylic oxidation sites excluding steroid dienone is 1. The highest BCUT2D eigenvalue weighted by atomic mass is 14.3. The van der Waals surface area contributed by atoms with Crippen LogP contribution in [0.2, 0.25) is 0 Å². The molecule has 0 bridgehead atoms. The Bertz CT molecular complexity index is 894. The molecule has 1 atom stereocenters. The lowest BCUT2D eigenvalue weighted by atomic mass is 9.89. The van der Waals surface area contributed by atoms with Crippen LogP contribution in [0.1, 0.15) is 43.7 Å². The Labute approximate surface area is 138 Å². The summed E-state index contributed by atoms with van der Waals surface area (Å²) in [6.45, 7) is 4.56. The molecule has 0 radical (unpaired) electrons. The molecule has 0 fully saturated rings. The SMILES string of the molecule is CCCC1C(C)=Cc2c(-c3cccc4ccccc34)cccc21. The van der Waals surface area contributed by atoms with Crippen LogP contribution in [-0.2, 0) is 0 Å². The topological polar surface area (TPSA) is 0 Å². The predicted octanol–water partition coefficient (Wildman–Crippen LogP) is 6.81. The van der Waals surface area contributed by atoms with Crippen LogP contribution >= 0.6 is 0 Å². The smallest absolute Gasteiger partial charge is 0.00547 e. The minimum Gasteiger partial charge on any atom is -0.0653 e. The van der Waals surface area contributed by atoms with E-state index in [0.29, 0.717) is 5.92 Å². The molecule has 3 aromatic carbocycles. The summed E-state index contributed by atoms with van der Waals surface area (Å²) >= 11 is 0. The molecule has 1 aliphatic carbocycles. The summed E-state index contributed by atoms with van der Waals surface area (Å²) < 4.78 is 0. The van der Waals surface area contributed by atoms with Crippen molar-refractivity contribution in [2.45, 2.75) is 32.6 Å². The summed E-state index contributed by atoms with van der Waals surface area (Å²) in [7, 11) is 0. The molecule has 0 nitrogen and oxygen atoms in total. The molecular weight excluding hydrogens is 276 g/mol. The maximum absolute atomic E-state index is 2.41. The summed E-state index contributed by atoms with van der Waals surface area (Å²) in [5.41, 5.74) is 7.17. The predicted molar refractivity (Wildman–Crippen MR) is 101 cm³/mol. The molecule has 114 valence electrons. The standard InChI is InChI=1S/C23H22/c1-3-8-18-16(2)15-23-20(18)13-7-14-22(23)21-12-6-10-17-9-4-5-11-19(17)21/h4-7,9-15,18H,3,8H2,1-2H3. The van der Waals surface area contributed by atoms with Gasteiger partial charge in [-0.2, -0.15) is 0 Å². The van der Waals surface area contributed by atoms with E-state index in [1.807, 2.05) is 0 Å². The first-order chi connectivity index (χ1) is 11.3. The second kappa shape index (κ2) is 5.70. The minimum atomic E-state index is 0.602. The van der Waals surface area contributed by atoms with Crippen LogP contribution in [0.25, 0.3) is 28.0 Å². The molecule has 1 unspecified atom stereocenters. The number of hydrogen-bond acceptors (Lipinski definition) is 0. The first kappa shape index (κ1) is 14.3. The summed E-state index contributed by atoms with van der Waals surface area (Å²) in [4.78, 5) is 0. The van der Waals surface area contributed by atoms with Crippen molar-refractivity contribution in [1.82, 2.24) is 0 Å². The fraction of sp³-hybridized carbons (Fsp3) is 0.217. The molecule has 1 aliphatic rings. The van der Waals surface area contributed by atoms with Crippen LogP contribution in [0.15, 0.2) is 66.2 Å². The zero-order chi connectivity index (χ0) is 15.8. The van der Waals surface area contributed by atoms with Gasteiger partial charge in [0.05, 0.1) is 0 Å². The largest absolute Gasteiger partial charge is 0.0653 e. The third-order valence-electron chi connectivity index (χ3n) is 5.09. The van der Waals surface area contributed by atoms with E-state index < -0.39 is 0 Å². The lowest BCUT2D eigenvalue weighted by Crippen LogP contribution is -1.97. The molecular formula is C23H22. The molecule has 0 aromatic heterocycles. The maximum atomic E-state index is 2.41. The van der Waals surface area contributed by atoms with Crippen molar-refractivity contribution >= 4 is 16.8 Å². The zero-order valence-corrected chi connectivity index (χ0v) is 13.8. The number of hydrogen-bond donors (Lipinski definition) is 0. The van der Waals surface area contributed by atoms with Gasteiger partial charge in [-0.3, -0.25) is 0 Å². The lowest BCUT2D eigenvalue weighted by Gasteiger charge is -2.15. The average molecular weight is 298 g/mol. The van der Waals surface area contributed by atoms with E-state index in [1.165, 1.54) is 51.4 Å².